The van der Waals surface area contributed by atoms with Crippen LogP contribution in [0, 0.1) is 0 Å². The van der Waals surface area contributed by atoms with E-state index in [2.05, 4.69) is 38.1 Å². The molecule has 1 saturated heterocycles. The number of aromatic nitrogens is 2. The zero-order valence-corrected chi connectivity index (χ0v) is 19.5. The van der Waals surface area contributed by atoms with Gasteiger partial charge in [-0.1, -0.05) is 17.8 Å². The number of guanidine groups is 1. The van der Waals surface area contributed by atoms with Crippen LogP contribution >= 0.6 is 47.1 Å². The van der Waals surface area contributed by atoms with Crippen molar-refractivity contribution in [2.24, 2.45) is 4.99 Å². The summed E-state index contributed by atoms with van der Waals surface area (Å²) in [4.78, 5) is 18.3. The third kappa shape index (κ3) is 7.11. The van der Waals surface area contributed by atoms with Crippen LogP contribution in [0.5, 0.6) is 0 Å². The number of aliphatic imine (C=N–C) groups is 1. The van der Waals surface area contributed by atoms with E-state index in [-0.39, 0.29) is 24.0 Å². The molecule has 2 aromatic heterocycles. The number of hydrogen-bond acceptors (Lipinski definition) is 6. The summed E-state index contributed by atoms with van der Waals surface area (Å²) < 4.78 is 1.14. The molecule has 0 atom stereocenters. The van der Waals surface area contributed by atoms with Crippen LogP contribution in [0.2, 0.25) is 0 Å². The van der Waals surface area contributed by atoms with Gasteiger partial charge in [0.05, 0.1) is 0 Å². The Bertz CT molecular complexity index is 660. The van der Waals surface area contributed by atoms with E-state index in [0.717, 1.165) is 67.6 Å². The maximum atomic E-state index is 4.82. The number of anilines is 1. The summed E-state index contributed by atoms with van der Waals surface area (Å²) >= 11 is 3.52. The SMILES string of the molecule is CCNC(=NCCCSc1nccs1)N1CCN(c2ccccn2)CC1.I. The van der Waals surface area contributed by atoms with Gasteiger partial charge in [0.2, 0.25) is 0 Å². The molecule has 3 rings (SSSR count). The molecule has 0 aliphatic carbocycles. The summed E-state index contributed by atoms with van der Waals surface area (Å²) in [6.45, 7) is 7.75. The van der Waals surface area contributed by atoms with Gasteiger partial charge in [0.15, 0.2) is 5.96 Å². The van der Waals surface area contributed by atoms with Gasteiger partial charge in [-0.2, -0.15) is 0 Å². The number of rotatable bonds is 7. The first kappa shape index (κ1) is 22.2. The first-order valence-electron chi connectivity index (χ1n) is 9.08. The molecule has 2 aromatic rings. The smallest absolute Gasteiger partial charge is 0.194 e. The average Bonchev–Trinajstić information content (AvgIpc) is 3.21. The van der Waals surface area contributed by atoms with Gasteiger partial charge in [0.1, 0.15) is 10.2 Å². The van der Waals surface area contributed by atoms with Gasteiger partial charge in [0.25, 0.3) is 0 Å². The lowest BCUT2D eigenvalue weighted by Gasteiger charge is -2.37. The zero-order valence-electron chi connectivity index (χ0n) is 15.6. The van der Waals surface area contributed by atoms with Crippen molar-refractivity contribution >= 4 is 58.9 Å². The second-order valence-electron chi connectivity index (χ2n) is 5.90. The second-order valence-corrected chi connectivity index (χ2v) is 8.13. The third-order valence-corrected chi connectivity index (χ3v) is 6.14. The molecule has 1 N–H and O–H groups in total. The minimum Gasteiger partial charge on any atom is -0.357 e. The monoisotopic (exact) mass is 518 g/mol. The molecular formula is C18H27IN6S2. The molecule has 1 fully saturated rings. The van der Waals surface area contributed by atoms with Crippen LogP contribution in [0.15, 0.2) is 45.3 Å². The molecule has 0 saturated carbocycles. The van der Waals surface area contributed by atoms with E-state index in [0.29, 0.717) is 0 Å². The molecule has 6 nitrogen and oxygen atoms in total. The quantitative estimate of drug-likeness (QED) is 0.199. The molecule has 1 aliphatic rings. The highest BCUT2D eigenvalue weighted by Crippen LogP contribution is 2.20. The Kier molecular flexibility index (Phi) is 10.2. The fourth-order valence-electron chi connectivity index (χ4n) is 2.80. The molecular weight excluding hydrogens is 491 g/mol. The molecule has 0 aromatic carbocycles. The van der Waals surface area contributed by atoms with E-state index < -0.39 is 0 Å². The summed E-state index contributed by atoms with van der Waals surface area (Å²) in [6.07, 6.45) is 4.78. The Morgan fingerprint density at radius 1 is 1.22 bits per heavy atom. The number of pyridine rings is 1. The summed E-state index contributed by atoms with van der Waals surface area (Å²) in [5.41, 5.74) is 0. The number of piperazine rings is 1. The van der Waals surface area contributed by atoms with Crippen molar-refractivity contribution in [1.29, 1.82) is 0 Å². The fourth-order valence-corrected chi connectivity index (χ4v) is 4.44. The molecule has 0 amide bonds. The van der Waals surface area contributed by atoms with E-state index in [9.17, 15) is 0 Å². The minimum absolute atomic E-state index is 0. The van der Waals surface area contributed by atoms with Crippen molar-refractivity contribution in [1.82, 2.24) is 20.2 Å². The van der Waals surface area contributed by atoms with Gasteiger partial charge < -0.3 is 15.1 Å². The highest BCUT2D eigenvalue weighted by molar-refractivity contribution is 14.0. The summed E-state index contributed by atoms with van der Waals surface area (Å²) in [6, 6.07) is 6.08. The fraction of sp³-hybridized carbons (Fsp3) is 0.500. The van der Waals surface area contributed by atoms with E-state index in [1.54, 1.807) is 11.3 Å². The Balaban J connectivity index is 0.00000261. The number of thioether (sulfide) groups is 1. The highest BCUT2D eigenvalue weighted by Gasteiger charge is 2.20. The van der Waals surface area contributed by atoms with Crippen molar-refractivity contribution in [2.75, 3.05) is 49.9 Å². The van der Waals surface area contributed by atoms with Gasteiger partial charge in [-0.15, -0.1) is 35.3 Å². The molecule has 0 unspecified atom stereocenters. The van der Waals surface area contributed by atoms with Gasteiger partial charge in [-0.3, -0.25) is 4.99 Å². The molecule has 27 heavy (non-hydrogen) atoms. The Labute approximate surface area is 186 Å². The van der Waals surface area contributed by atoms with Crippen molar-refractivity contribution < 1.29 is 0 Å². The van der Waals surface area contributed by atoms with E-state index in [1.807, 2.05) is 41.7 Å². The van der Waals surface area contributed by atoms with Crippen molar-refractivity contribution in [3.05, 3.63) is 36.0 Å². The normalized spacial score (nSPS) is 14.8. The molecule has 9 heteroatoms. The van der Waals surface area contributed by atoms with Gasteiger partial charge in [0, 0.05) is 62.8 Å². The highest BCUT2D eigenvalue weighted by atomic mass is 127. The lowest BCUT2D eigenvalue weighted by atomic mass is 10.3. The number of halogens is 1. The number of nitrogens with zero attached hydrogens (tertiary/aromatic N) is 5. The molecule has 0 radical (unpaired) electrons. The maximum absolute atomic E-state index is 4.82. The van der Waals surface area contributed by atoms with E-state index in [4.69, 9.17) is 4.99 Å². The minimum atomic E-state index is 0. The van der Waals surface area contributed by atoms with Crippen molar-refractivity contribution in [2.45, 2.75) is 17.7 Å². The first-order valence-corrected chi connectivity index (χ1v) is 10.9. The largest absolute Gasteiger partial charge is 0.357 e. The van der Waals surface area contributed by atoms with Crippen LogP contribution in [0.25, 0.3) is 0 Å². The van der Waals surface area contributed by atoms with Crippen LogP contribution in [-0.2, 0) is 0 Å². The topological polar surface area (TPSA) is 56.7 Å². The predicted molar refractivity (Wildman–Crippen MR) is 127 cm³/mol. The predicted octanol–water partition coefficient (Wildman–Crippen LogP) is 3.43. The van der Waals surface area contributed by atoms with Crippen LogP contribution < -0.4 is 10.2 Å². The van der Waals surface area contributed by atoms with Crippen LogP contribution in [0.3, 0.4) is 0 Å². The van der Waals surface area contributed by atoms with Gasteiger partial charge >= 0.3 is 0 Å². The van der Waals surface area contributed by atoms with Gasteiger partial charge in [-0.25, -0.2) is 9.97 Å². The lowest BCUT2D eigenvalue weighted by molar-refractivity contribution is 0.371. The molecule has 0 spiro atoms. The summed E-state index contributed by atoms with van der Waals surface area (Å²) in [5, 5.41) is 5.46. The first-order chi connectivity index (χ1) is 12.9. The van der Waals surface area contributed by atoms with Crippen LogP contribution in [0.1, 0.15) is 13.3 Å². The van der Waals surface area contributed by atoms with E-state index >= 15 is 0 Å². The number of nitrogens with one attached hydrogen (secondary N) is 1. The molecule has 3 heterocycles. The Morgan fingerprint density at radius 2 is 2.07 bits per heavy atom. The standard InChI is InChI=1S/C18H26N6S2.HI/c1-2-19-17(21-8-5-14-25-18-22-9-15-26-18)24-12-10-23(11-13-24)16-6-3-4-7-20-16;/h3-4,6-7,9,15H,2,5,8,10-14H2,1H3,(H,19,21);1H. The summed E-state index contributed by atoms with van der Waals surface area (Å²) in [7, 11) is 0. The Morgan fingerprint density at radius 3 is 2.74 bits per heavy atom. The van der Waals surface area contributed by atoms with Crippen molar-refractivity contribution in [3.8, 4) is 0 Å². The molecule has 0 bridgehead atoms. The zero-order chi connectivity index (χ0) is 18.0. The van der Waals surface area contributed by atoms with Crippen LogP contribution in [-0.4, -0.2) is 65.8 Å². The average molecular weight is 518 g/mol. The second kappa shape index (κ2) is 12.4. The van der Waals surface area contributed by atoms with E-state index in [1.165, 1.54) is 0 Å². The van der Waals surface area contributed by atoms with Crippen LogP contribution in [0.4, 0.5) is 5.82 Å². The Hall–Kier alpha value is -1.07. The summed E-state index contributed by atoms with van der Waals surface area (Å²) in [5.74, 6) is 3.16. The number of hydrogen-bond donors (Lipinski definition) is 1. The van der Waals surface area contributed by atoms with Gasteiger partial charge in [-0.05, 0) is 25.5 Å². The third-order valence-electron chi connectivity index (χ3n) is 4.09. The maximum Gasteiger partial charge on any atom is 0.194 e. The molecule has 1 aliphatic heterocycles. The van der Waals surface area contributed by atoms with Crippen molar-refractivity contribution in [3.63, 3.8) is 0 Å². The lowest BCUT2D eigenvalue weighted by Crippen LogP contribution is -2.52. The number of thiazole rings is 1. The molecule has 148 valence electrons.